The van der Waals surface area contributed by atoms with Crippen molar-refractivity contribution in [2.45, 2.75) is 19.8 Å². The molecule has 0 saturated heterocycles. The summed E-state index contributed by atoms with van der Waals surface area (Å²) in [4.78, 5) is 16.6. The Morgan fingerprint density at radius 1 is 1.18 bits per heavy atom. The van der Waals surface area contributed by atoms with Crippen molar-refractivity contribution >= 4 is 11.6 Å². The minimum atomic E-state index is -0.359. The number of amides is 1. The molecule has 0 aliphatic rings. The van der Waals surface area contributed by atoms with Gasteiger partial charge in [-0.1, -0.05) is 26.0 Å². The van der Waals surface area contributed by atoms with Gasteiger partial charge in [0, 0.05) is 6.07 Å². The van der Waals surface area contributed by atoms with Gasteiger partial charge in [-0.25, -0.2) is 9.37 Å². The highest BCUT2D eigenvalue weighted by Crippen LogP contribution is 2.26. The van der Waals surface area contributed by atoms with Gasteiger partial charge in [0.1, 0.15) is 5.82 Å². The second-order valence-corrected chi connectivity index (χ2v) is 5.35. The van der Waals surface area contributed by atoms with E-state index in [1.165, 1.54) is 19.2 Å². The Hall–Kier alpha value is -2.43. The first-order valence-electron chi connectivity index (χ1n) is 7.07. The van der Waals surface area contributed by atoms with Gasteiger partial charge in [-0.05, 0) is 29.7 Å². The van der Waals surface area contributed by atoms with Crippen LogP contribution in [0.5, 0.6) is 5.88 Å². The number of ether oxygens (including phenoxy) is 1. The number of pyridine rings is 1. The first-order valence-corrected chi connectivity index (χ1v) is 7.07. The van der Waals surface area contributed by atoms with Crippen molar-refractivity contribution in [1.82, 2.24) is 4.98 Å². The predicted molar refractivity (Wildman–Crippen MR) is 83.4 cm³/mol. The molecule has 22 heavy (non-hydrogen) atoms. The van der Waals surface area contributed by atoms with E-state index in [9.17, 15) is 9.18 Å². The number of aromatic nitrogens is 1. The highest BCUT2D eigenvalue weighted by atomic mass is 19.1. The van der Waals surface area contributed by atoms with Gasteiger partial charge in [0.05, 0.1) is 24.9 Å². The fourth-order valence-electron chi connectivity index (χ4n) is 2.30. The van der Waals surface area contributed by atoms with Crippen LogP contribution in [0.4, 0.5) is 10.1 Å². The largest absolute Gasteiger partial charge is 0.481 e. The quantitative estimate of drug-likeness (QED) is 0.918. The molecule has 1 unspecified atom stereocenters. The molecular weight excluding hydrogens is 283 g/mol. The number of benzene rings is 1. The topological polar surface area (TPSA) is 51.2 Å². The highest BCUT2D eigenvalue weighted by molar-refractivity contribution is 5.95. The summed E-state index contributed by atoms with van der Waals surface area (Å²) in [7, 11) is 1.53. The molecule has 2 aromatic rings. The number of hydrogen-bond acceptors (Lipinski definition) is 3. The first kappa shape index (κ1) is 15.9. The normalized spacial score (nSPS) is 12.0. The lowest BCUT2D eigenvalue weighted by molar-refractivity contribution is -0.118. The molecule has 1 heterocycles. The summed E-state index contributed by atoms with van der Waals surface area (Å²) >= 11 is 0. The van der Waals surface area contributed by atoms with Gasteiger partial charge < -0.3 is 10.1 Å². The molecule has 1 aromatic carbocycles. The van der Waals surface area contributed by atoms with Gasteiger partial charge in [0.2, 0.25) is 11.8 Å². The van der Waals surface area contributed by atoms with E-state index in [0.717, 1.165) is 5.56 Å². The smallest absolute Gasteiger partial charge is 0.232 e. The number of carbonyl (C=O) groups is 1. The van der Waals surface area contributed by atoms with Crippen LogP contribution in [0.15, 0.2) is 42.6 Å². The lowest BCUT2D eigenvalue weighted by Gasteiger charge is -2.20. The maximum absolute atomic E-state index is 13.0. The summed E-state index contributed by atoms with van der Waals surface area (Å²) < 4.78 is 18.0. The van der Waals surface area contributed by atoms with E-state index in [4.69, 9.17) is 4.74 Å². The van der Waals surface area contributed by atoms with Gasteiger partial charge in [0.15, 0.2) is 0 Å². The van der Waals surface area contributed by atoms with Crippen LogP contribution in [-0.2, 0) is 4.79 Å². The van der Waals surface area contributed by atoms with E-state index in [1.54, 1.807) is 30.5 Å². The van der Waals surface area contributed by atoms with Crippen molar-refractivity contribution in [2.75, 3.05) is 12.4 Å². The number of anilines is 1. The maximum Gasteiger partial charge on any atom is 0.232 e. The molecular formula is C17H19FN2O2. The third-order valence-corrected chi connectivity index (χ3v) is 3.39. The molecule has 0 fully saturated rings. The molecule has 0 saturated carbocycles. The molecule has 1 aromatic heterocycles. The Morgan fingerprint density at radius 2 is 1.86 bits per heavy atom. The molecule has 0 aliphatic heterocycles. The number of methoxy groups -OCH3 is 1. The molecule has 0 aliphatic carbocycles. The fourth-order valence-corrected chi connectivity index (χ4v) is 2.30. The molecule has 1 atom stereocenters. The Bertz CT molecular complexity index is 624. The van der Waals surface area contributed by atoms with Crippen LogP contribution < -0.4 is 10.1 Å². The van der Waals surface area contributed by atoms with E-state index >= 15 is 0 Å². The van der Waals surface area contributed by atoms with E-state index in [-0.39, 0.29) is 23.6 Å². The van der Waals surface area contributed by atoms with Crippen LogP contribution in [0.2, 0.25) is 0 Å². The molecule has 5 heteroatoms. The predicted octanol–water partition coefficient (Wildman–Crippen LogP) is 3.61. The monoisotopic (exact) mass is 302 g/mol. The van der Waals surface area contributed by atoms with E-state index in [2.05, 4.69) is 10.3 Å². The van der Waals surface area contributed by atoms with Gasteiger partial charge in [-0.2, -0.15) is 0 Å². The van der Waals surface area contributed by atoms with Gasteiger partial charge in [-0.15, -0.1) is 0 Å². The van der Waals surface area contributed by atoms with Crippen LogP contribution in [0.1, 0.15) is 25.3 Å². The number of nitrogens with zero attached hydrogens (tertiary/aromatic N) is 1. The van der Waals surface area contributed by atoms with Crippen molar-refractivity contribution < 1.29 is 13.9 Å². The molecule has 0 spiro atoms. The minimum absolute atomic E-state index is 0.0802. The van der Waals surface area contributed by atoms with Crippen molar-refractivity contribution in [1.29, 1.82) is 0 Å². The van der Waals surface area contributed by atoms with Crippen LogP contribution >= 0.6 is 0 Å². The summed E-state index contributed by atoms with van der Waals surface area (Å²) in [6.45, 7) is 3.92. The lowest BCUT2D eigenvalue weighted by atomic mass is 9.87. The van der Waals surface area contributed by atoms with E-state index in [1.807, 2.05) is 13.8 Å². The van der Waals surface area contributed by atoms with Crippen molar-refractivity contribution in [2.24, 2.45) is 5.92 Å². The summed E-state index contributed by atoms with van der Waals surface area (Å²) in [5.41, 5.74) is 1.38. The maximum atomic E-state index is 13.0. The Kier molecular flexibility index (Phi) is 5.09. The van der Waals surface area contributed by atoms with Gasteiger partial charge in [-0.3, -0.25) is 4.79 Å². The van der Waals surface area contributed by atoms with Gasteiger partial charge in [0.25, 0.3) is 0 Å². The summed E-state index contributed by atoms with van der Waals surface area (Å²) in [5.74, 6) is -0.254. The summed E-state index contributed by atoms with van der Waals surface area (Å²) in [6.07, 6.45) is 1.54. The number of hydrogen-bond donors (Lipinski definition) is 1. The van der Waals surface area contributed by atoms with Crippen molar-refractivity contribution in [3.8, 4) is 5.88 Å². The average Bonchev–Trinajstić information content (AvgIpc) is 2.50. The average molecular weight is 302 g/mol. The number of rotatable bonds is 5. The molecule has 1 N–H and O–H groups in total. The number of nitrogens with one attached hydrogen (secondary N) is 1. The van der Waals surface area contributed by atoms with Crippen LogP contribution in [0, 0.1) is 11.7 Å². The highest BCUT2D eigenvalue weighted by Gasteiger charge is 2.24. The zero-order valence-corrected chi connectivity index (χ0v) is 12.8. The van der Waals surface area contributed by atoms with Crippen LogP contribution in [0.3, 0.4) is 0 Å². The van der Waals surface area contributed by atoms with Crippen LogP contribution in [0.25, 0.3) is 0 Å². The van der Waals surface area contributed by atoms with Crippen molar-refractivity contribution in [3.05, 3.63) is 54.0 Å². The molecule has 116 valence electrons. The summed E-state index contributed by atoms with van der Waals surface area (Å²) in [6, 6.07) is 9.43. The molecule has 4 nitrogen and oxygen atoms in total. The number of halogens is 1. The molecule has 1 amide bonds. The van der Waals surface area contributed by atoms with E-state index < -0.39 is 0 Å². The Labute approximate surface area is 129 Å². The van der Waals surface area contributed by atoms with Crippen molar-refractivity contribution in [3.63, 3.8) is 0 Å². The van der Waals surface area contributed by atoms with Gasteiger partial charge >= 0.3 is 0 Å². The Morgan fingerprint density at radius 3 is 2.36 bits per heavy atom. The lowest BCUT2D eigenvalue weighted by Crippen LogP contribution is -2.25. The number of carbonyl (C=O) groups excluding carboxylic acids is 1. The standard InChI is InChI=1S/C17H19FN2O2/c1-11(2)16(12-4-6-13(18)7-5-12)17(21)20-14-8-9-15(22-3)19-10-14/h4-11,16H,1-3H3,(H,20,21). The minimum Gasteiger partial charge on any atom is -0.481 e. The second kappa shape index (κ2) is 7.02. The zero-order chi connectivity index (χ0) is 16.1. The van der Waals surface area contributed by atoms with E-state index in [0.29, 0.717) is 11.6 Å². The zero-order valence-electron chi connectivity index (χ0n) is 12.8. The Balaban J connectivity index is 2.17. The molecule has 2 rings (SSSR count). The molecule has 0 bridgehead atoms. The second-order valence-electron chi connectivity index (χ2n) is 5.35. The fraction of sp³-hybridized carbons (Fsp3) is 0.294. The SMILES string of the molecule is COc1ccc(NC(=O)C(c2ccc(F)cc2)C(C)C)cn1. The first-order chi connectivity index (χ1) is 10.5. The summed E-state index contributed by atoms with van der Waals surface area (Å²) in [5, 5.41) is 2.84. The molecule has 0 radical (unpaired) electrons. The third kappa shape index (κ3) is 3.81. The van der Waals surface area contributed by atoms with Crippen LogP contribution in [-0.4, -0.2) is 18.0 Å². The third-order valence-electron chi connectivity index (χ3n) is 3.39.